The second-order valence-electron chi connectivity index (χ2n) is 8.22. The molecule has 0 aliphatic carbocycles. The van der Waals surface area contributed by atoms with E-state index in [1.807, 2.05) is 41.6 Å². The summed E-state index contributed by atoms with van der Waals surface area (Å²) in [7, 11) is 0. The third kappa shape index (κ3) is 4.85. The predicted octanol–water partition coefficient (Wildman–Crippen LogP) is 2.46. The van der Waals surface area contributed by atoms with Gasteiger partial charge in [0.1, 0.15) is 0 Å². The number of aryl methyl sites for hydroxylation is 2. The zero-order chi connectivity index (χ0) is 20.2. The minimum absolute atomic E-state index is 0.0871. The standard InChI is InChI=1S/C22H31N5O2/c1-17-15-18(2)27(24-17)21-4-3-20(16-23-21)22(28)26-9-6-19(7-10-26)5-8-25-11-13-29-14-12-25/h3-4,15-16,19H,5-14H2,1-2H3. The highest BCUT2D eigenvalue weighted by Crippen LogP contribution is 2.22. The summed E-state index contributed by atoms with van der Waals surface area (Å²) in [6, 6.07) is 5.76. The van der Waals surface area contributed by atoms with Crippen molar-refractivity contribution in [1.82, 2.24) is 24.6 Å². The quantitative estimate of drug-likeness (QED) is 0.776. The molecule has 0 N–H and O–H groups in total. The number of pyridine rings is 1. The molecule has 2 aromatic rings. The van der Waals surface area contributed by atoms with Crippen molar-refractivity contribution < 1.29 is 9.53 Å². The van der Waals surface area contributed by atoms with Crippen LogP contribution >= 0.6 is 0 Å². The van der Waals surface area contributed by atoms with E-state index in [1.54, 1.807) is 6.20 Å². The first kappa shape index (κ1) is 20.0. The maximum atomic E-state index is 12.9. The van der Waals surface area contributed by atoms with Gasteiger partial charge in [-0.05, 0) is 63.8 Å². The number of carbonyl (C=O) groups is 1. The zero-order valence-corrected chi connectivity index (χ0v) is 17.5. The molecule has 2 saturated heterocycles. The molecule has 0 aromatic carbocycles. The van der Waals surface area contributed by atoms with Gasteiger partial charge in [0, 0.05) is 38.1 Å². The number of aromatic nitrogens is 3. The lowest BCUT2D eigenvalue weighted by atomic mass is 9.93. The summed E-state index contributed by atoms with van der Waals surface area (Å²) in [4.78, 5) is 21.8. The van der Waals surface area contributed by atoms with Crippen molar-refractivity contribution in [3.05, 3.63) is 41.3 Å². The molecule has 7 nitrogen and oxygen atoms in total. The van der Waals surface area contributed by atoms with Gasteiger partial charge in [-0.1, -0.05) is 0 Å². The zero-order valence-electron chi connectivity index (χ0n) is 17.5. The van der Waals surface area contributed by atoms with Gasteiger partial charge in [0.2, 0.25) is 0 Å². The van der Waals surface area contributed by atoms with Crippen LogP contribution < -0.4 is 0 Å². The van der Waals surface area contributed by atoms with Crippen LogP contribution in [0.25, 0.3) is 5.82 Å². The highest BCUT2D eigenvalue weighted by molar-refractivity contribution is 5.94. The Morgan fingerprint density at radius 3 is 2.52 bits per heavy atom. The highest BCUT2D eigenvalue weighted by Gasteiger charge is 2.24. The molecule has 29 heavy (non-hydrogen) atoms. The Morgan fingerprint density at radius 1 is 1.14 bits per heavy atom. The second-order valence-corrected chi connectivity index (χ2v) is 8.22. The van der Waals surface area contributed by atoms with Crippen LogP contribution in [0.5, 0.6) is 0 Å². The van der Waals surface area contributed by atoms with E-state index in [1.165, 1.54) is 6.42 Å². The summed E-state index contributed by atoms with van der Waals surface area (Å²) >= 11 is 0. The molecule has 1 amide bonds. The van der Waals surface area contributed by atoms with E-state index in [9.17, 15) is 4.79 Å². The third-order valence-electron chi connectivity index (χ3n) is 6.08. The lowest BCUT2D eigenvalue weighted by Crippen LogP contribution is -2.40. The molecule has 0 radical (unpaired) electrons. The van der Waals surface area contributed by atoms with E-state index >= 15 is 0 Å². The summed E-state index contributed by atoms with van der Waals surface area (Å²) in [5, 5.41) is 4.45. The van der Waals surface area contributed by atoms with E-state index < -0.39 is 0 Å². The van der Waals surface area contributed by atoms with Gasteiger partial charge >= 0.3 is 0 Å². The number of piperidine rings is 1. The fraction of sp³-hybridized carbons (Fsp3) is 0.591. The number of hydrogen-bond acceptors (Lipinski definition) is 5. The highest BCUT2D eigenvalue weighted by atomic mass is 16.5. The minimum atomic E-state index is 0.0871. The Hall–Kier alpha value is -2.25. The number of nitrogens with zero attached hydrogens (tertiary/aromatic N) is 5. The van der Waals surface area contributed by atoms with Crippen LogP contribution in [0.2, 0.25) is 0 Å². The van der Waals surface area contributed by atoms with Gasteiger partial charge in [-0.3, -0.25) is 9.69 Å². The largest absolute Gasteiger partial charge is 0.379 e. The molecular weight excluding hydrogens is 366 g/mol. The van der Waals surface area contributed by atoms with Crippen LogP contribution in [0.4, 0.5) is 0 Å². The molecule has 0 bridgehead atoms. The Kier molecular flexibility index (Phi) is 6.25. The molecule has 2 aliphatic heterocycles. The van der Waals surface area contributed by atoms with E-state index in [-0.39, 0.29) is 5.91 Å². The lowest BCUT2D eigenvalue weighted by molar-refractivity contribution is 0.0332. The third-order valence-corrected chi connectivity index (χ3v) is 6.08. The molecule has 4 rings (SSSR count). The molecule has 7 heteroatoms. The molecule has 0 spiro atoms. The molecule has 0 saturated carbocycles. The summed E-state index contributed by atoms with van der Waals surface area (Å²) in [5.41, 5.74) is 2.65. The minimum Gasteiger partial charge on any atom is -0.379 e. The van der Waals surface area contributed by atoms with Crippen LogP contribution in [0.15, 0.2) is 24.4 Å². The molecule has 4 heterocycles. The van der Waals surface area contributed by atoms with Gasteiger partial charge in [0.05, 0.1) is 24.5 Å². The Morgan fingerprint density at radius 2 is 1.90 bits per heavy atom. The average molecular weight is 398 g/mol. The van der Waals surface area contributed by atoms with Gasteiger partial charge in [0.25, 0.3) is 5.91 Å². The van der Waals surface area contributed by atoms with Crippen LogP contribution in [-0.4, -0.2) is 76.4 Å². The van der Waals surface area contributed by atoms with Gasteiger partial charge in [-0.15, -0.1) is 0 Å². The first-order valence-electron chi connectivity index (χ1n) is 10.7. The summed E-state index contributed by atoms with van der Waals surface area (Å²) in [6.45, 7) is 10.6. The Bertz CT molecular complexity index is 818. The summed E-state index contributed by atoms with van der Waals surface area (Å²) in [5.74, 6) is 1.55. The predicted molar refractivity (Wildman–Crippen MR) is 111 cm³/mol. The number of hydrogen-bond donors (Lipinski definition) is 0. The number of carbonyl (C=O) groups excluding carboxylic acids is 1. The molecule has 2 fully saturated rings. The van der Waals surface area contributed by atoms with Gasteiger partial charge < -0.3 is 9.64 Å². The fourth-order valence-corrected chi connectivity index (χ4v) is 4.30. The Labute approximate surface area is 172 Å². The van der Waals surface area contributed by atoms with Crippen molar-refractivity contribution in [2.75, 3.05) is 45.9 Å². The van der Waals surface area contributed by atoms with Crippen LogP contribution in [-0.2, 0) is 4.74 Å². The van der Waals surface area contributed by atoms with Crippen molar-refractivity contribution in [3.8, 4) is 5.82 Å². The van der Waals surface area contributed by atoms with Crippen molar-refractivity contribution in [2.45, 2.75) is 33.1 Å². The summed E-state index contributed by atoms with van der Waals surface area (Å²) in [6.07, 6.45) is 5.08. The fourth-order valence-electron chi connectivity index (χ4n) is 4.30. The molecular formula is C22H31N5O2. The first-order chi connectivity index (χ1) is 14.1. The van der Waals surface area contributed by atoms with E-state index in [0.29, 0.717) is 11.5 Å². The van der Waals surface area contributed by atoms with Crippen molar-refractivity contribution >= 4 is 5.91 Å². The molecule has 0 unspecified atom stereocenters. The molecule has 2 aromatic heterocycles. The average Bonchev–Trinajstić information content (AvgIpc) is 3.11. The van der Waals surface area contributed by atoms with Gasteiger partial charge in [0.15, 0.2) is 5.82 Å². The number of rotatable bonds is 5. The normalized spacial score (nSPS) is 18.9. The SMILES string of the molecule is Cc1cc(C)n(-c2ccc(C(=O)N3CCC(CCN4CCOCC4)CC3)cn2)n1. The number of morpholine rings is 1. The Balaban J connectivity index is 1.28. The monoisotopic (exact) mass is 397 g/mol. The van der Waals surface area contributed by atoms with E-state index in [4.69, 9.17) is 4.74 Å². The first-order valence-corrected chi connectivity index (χ1v) is 10.7. The van der Waals surface area contributed by atoms with Crippen molar-refractivity contribution in [3.63, 3.8) is 0 Å². The van der Waals surface area contributed by atoms with E-state index in [2.05, 4.69) is 15.0 Å². The van der Waals surface area contributed by atoms with Crippen LogP contribution in [0, 0.1) is 19.8 Å². The van der Waals surface area contributed by atoms with E-state index in [0.717, 1.165) is 76.0 Å². The molecule has 0 atom stereocenters. The maximum absolute atomic E-state index is 12.9. The molecule has 156 valence electrons. The lowest BCUT2D eigenvalue weighted by Gasteiger charge is -2.34. The number of ether oxygens (including phenoxy) is 1. The van der Waals surface area contributed by atoms with Crippen LogP contribution in [0.3, 0.4) is 0 Å². The summed E-state index contributed by atoms with van der Waals surface area (Å²) < 4.78 is 7.23. The second kappa shape index (κ2) is 9.05. The van der Waals surface area contributed by atoms with Crippen molar-refractivity contribution in [2.24, 2.45) is 5.92 Å². The molecule has 2 aliphatic rings. The number of amides is 1. The van der Waals surface area contributed by atoms with Gasteiger partial charge in [-0.25, -0.2) is 9.67 Å². The smallest absolute Gasteiger partial charge is 0.255 e. The number of likely N-dealkylation sites (tertiary alicyclic amines) is 1. The van der Waals surface area contributed by atoms with Crippen molar-refractivity contribution in [1.29, 1.82) is 0 Å². The topological polar surface area (TPSA) is 63.5 Å². The van der Waals surface area contributed by atoms with Gasteiger partial charge in [-0.2, -0.15) is 5.10 Å². The van der Waals surface area contributed by atoms with Crippen LogP contribution in [0.1, 0.15) is 41.0 Å². The maximum Gasteiger partial charge on any atom is 0.255 e.